The molecule has 5 aliphatic heterocycles. The van der Waals surface area contributed by atoms with E-state index in [1.54, 1.807) is 43.5 Å². The van der Waals surface area contributed by atoms with Crippen LogP contribution in [0.4, 0.5) is 22.1 Å². The number of carbonyl (C=O) groups is 14. The van der Waals surface area contributed by atoms with Gasteiger partial charge in [-0.05, 0) is 116 Å². The van der Waals surface area contributed by atoms with Crippen molar-refractivity contribution in [2.45, 2.75) is 171 Å². The van der Waals surface area contributed by atoms with Crippen molar-refractivity contribution in [1.29, 1.82) is 0 Å². The maximum absolute atomic E-state index is 15.6. The number of aromatic nitrogens is 3. The number of methoxy groups -OCH3 is 2. The molecule has 7 heterocycles. The van der Waals surface area contributed by atoms with E-state index < -0.39 is 180 Å². The van der Waals surface area contributed by atoms with Crippen molar-refractivity contribution in [3.8, 4) is 18.1 Å². The molecule has 4 aromatic carbocycles. The van der Waals surface area contributed by atoms with Crippen molar-refractivity contribution in [3.63, 3.8) is 0 Å². The van der Waals surface area contributed by atoms with Gasteiger partial charge in [0.1, 0.15) is 24.4 Å². The third-order valence-electron chi connectivity index (χ3n) is 26.4. The second kappa shape index (κ2) is 50.7. The third-order valence-corrected chi connectivity index (χ3v) is 31.1. The number of carboxylic acids is 4. The number of likely N-dealkylation sites (N-methyl/N-ethyl adjacent to an activating group) is 1. The fraction of sp³-hybridized carbons (Fsp3) is 0.510. The molecule has 12 rings (SSSR count). The average Bonchev–Trinajstić information content (AvgIpc) is 1.49. The van der Waals surface area contributed by atoms with E-state index in [2.05, 4.69) is 74.9 Å². The zero-order valence-electron chi connectivity index (χ0n) is 79.1. The second-order valence-electron chi connectivity index (χ2n) is 35.3. The van der Waals surface area contributed by atoms with E-state index in [9.17, 15) is 93.0 Å². The average molecular weight is 2030 g/mol. The normalized spacial score (nSPS) is 21.9. The van der Waals surface area contributed by atoms with Gasteiger partial charge in [0.15, 0.2) is 11.6 Å². The number of carboxylic acid groups (broad SMARTS) is 4. The van der Waals surface area contributed by atoms with Crippen LogP contribution < -0.4 is 57.9 Å². The molecular weight excluding hydrogens is 1910 g/mol. The molecule has 16 N–H and O–H groups in total. The van der Waals surface area contributed by atoms with Crippen LogP contribution >= 0.6 is 43.2 Å². The largest absolute Gasteiger partial charge is 0.496 e. The number of anilines is 3. The van der Waals surface area contributed by atoms with Crippen LogP contribution in [0.3, 0.4) is 0 Å². The van der Waals surface area contributed by atoms with E-state index in [4.69, 9.17) is 40.7 Å². The summed E-state index contributed by atoms with van der Waals surface area (Å²) in [6.45, 7) is 10.8. The van der Waals surface area contributed by atoms with Gasteiger partial charge in [0.2, 0.25) is 29.6 Å². The Morgan fingerprint density at radius 1 is 0.745 bits per heavy atom. The SMILES string of the molecule is C#CCN(Cc1ccc2nc(N)[nH]c(=O)c2c1)c1ccc(C(=O)NCCCC(=O)OCCSSCCC(=O)N[C@@H](CC(=O)O)C(=O)C[C@@H](CC(=O)O)C(=O)N[C@@H](CC(=O)O)C(=O)C[C@@H](CNC(=O)CCSSCCOC(=O)NNC(=O)[C@@H]2C3N(C)c4cc(OC)c([C@@]5(C(=O)OC)C[C@@H]6CN(CCc7c5[nH]c5ccccc75)CC(O)(CC)C6)cc4[C@@]34CCN3CC=C[C@@](C)([C@H]2O)[C@H]34)C(=O)O)cc1.CC.O=C=O. The number of para-hydroxylation sites is 1. The van der Waals surface area contributed by atoms with Crippen molar-refractivity contribution < 1.29 is 126 Å². The number of aromatic amines is 2. The molecule has 0 radical (unpaired) electrons. The summed E-state index contributed by atoms with van der Waals surface area (Å²) in [4.78, 5) is 233. The number of benzene rings is 4. The number of piperidine rings is 1. The number of aliphatic carboxylic acids is 4. The summed E-state index contributed by atoms with van der Waals surface area (Å²) in [7, 11) is 9.63. The maximum Gasteiger partial charge on any atom is 0.426 e. The summed E-state index contributed by atoms with van der Waals surface area (Å²) in [6.07, 6.45) is 4.50. The molecule has 760 valence electrons. The predicted octanol–water partition coefficient (Wildman–Crippen LogP) is 5.44. The van der Waals surface area contributed by atoms with Crippen molar-refractivity contribution in [1.82, 2.24) is 56.9 Å². The molecule has 2 bridgehead atoms. The molecule has 2 aromatic heterocycles. The van der Waals surface area contributed by atoms with Crippen molar-refractivity contribution in [2.24, 2.45) is 29.1 Å². The highest BCUT2D eigenvalue weighted by Gasteiger charge is 2.73. The number of aliphatic hydroxyl groups excluding tert-OH is 1. The number of Topliss-reactive ketones (excluding diaryl/α,β-unsaturated/α-hetero) is 2. The summed E-state index contributed by atoms with van der Waals surface area (Å²) in [5.74, 6) is -14.8. The van der Waals surface area contributed by atoms with Gasteiger partial charge in [-0.3, -0.25) is 87.3 Å². The zero-order valence-corrected chi connectivity index (χ0v) is 82.4. The lowest BCUT2D eigenvalue weighted by atomic mass is 9.50. The molecule has 6 amide bonds. The Labute approximate surface area is 828 Å². The molecule has 6 aromatic rings. The molecule has 1 spiro atoms. The predicted molar refractivity (Wildman–Crippen MR) is 524 cm³/mol. The third kappa shape index (κ3) is 26.8. The number of carbonyl (C=O) groups excluding carboxylic acids is 12. The number of nitrogens with one attached hydrogen (secondary N) is 8. The number of ether oxygens (including phenoxy) is 4. The number of aliphatic hydroxyl groups is 2. The standard InChI is InChI=1S/C93H114N14O25S4.C2H6.CO2/c1-7-28-107(50-52-16-21-64-60(38-52)83(122)101-88(94)100-64)57-19-17-54(18-20-57)81(120)95-27-11-15-76(118)131-32-36-135-134-35-24-72(111)97-65(43-74(114)115)68(108)39-55(41-73(112)113)82(121)99-66(44-75(116)117)69(109)40-56(85(124)125)48-96-71(110)23-34-133-136-37-33-132-89(127)103-102-84(123)77-79-92(26-31-106-29-12-25-90(3,80(77)119)86(92)106)61-42-62(70(129-5)45-67(61)104(79)4)93(87(126)130-6)47-53-46-91(128,8-2)51-105(49-53)30-22-59-58-13-9-10-14-63(58)98-78(59)93;1-2;2-1-3/h1,9-10,12-14,16-21,25,38,42,45,53,55-56,65-66,77,79-80,86,98,119,128H,8,11,15,22-24,26-37,39-41,43-44,46-51H2,2-6H3,(H,95,120)(H,96,110)(H,97,111)(H,99,121)(H,102,123)(H,103,127)(H,112,113)(H,114,115)(H,116,117)(H,124,125)(H3,94,100,101,122);1-2H3;/t53-,55+,56+,65+,66+,77-,79?,80+,86+,90+,91?,92+,93+;;/m1../s1. The van der Waals surface area contributed by atoms with Gasteiger partial charge in [0.25, 0.3) is 11.5 Å². The van der Waals surface area contributed by atoms with Crippen LogP contribution in [0.15, 0.2) is 95.8 Å². The van der Waals surface area contributed by atoms with Crippen LogP contribution in [0.2, 0.25) is 0 Å². The number of ketones is 2. The summed E-state index contributed by atoms with van der Waals surface area (Å²) in [6, 6.07) is 19.0. The molecule has 45 heteroatoms. The Morgan fingerprint density at radius 2 is 1.40 bits per heavy atom. The minimum Gasteiger partial charge on any atom is -0.496 e. The number of esters is 2. The van der Waals surface area contributed by atoms with E-state index in [0.717, 1.165) is 39.0 Å². The first kappa shape index (κ1) is 110. The Kier molecular flexibility index (Phi) is 39.7. The van der Waals surface area contributed by atoms with E-state index in [1.807, 2.05) is 87.0 Å². The number of hydrogen-bond acceptors (Lipinski definition) is 33. The lowest BCUT2D eigenvalue weighted by Crippen LogP contribution is -2.73. The first-order valence-electron chi connectivity index (χ1n) is 46.1. The molecule has 1 saturated carbocycles. The van der Waals surface area contributed by atoms with E-state index in [0.29, 0.717) is 98.4 Å². The summed E-state index contributed by atoms with van der Waals surface area (Å²) < 4.78 is 23.1. The Bertz CT molecular complexity index is 5780. The summed E-state index contributed by atoms with van der Waals surface area (Å²) in [5.41, 5.74) is 12.8. The zero-order chi connectivity index (χ0) is 103. The number of rotatable bonds is 46. The Morgan fingerprint density at radius 3 is 2.05 bits per heavy atom. The Hall–Kier alpha value is -12.5. The lowest BCUT2D eigenvalue weighted by Gasteiger charge is -2.59. The van der Waals surface area contributed by atoms with Crippen molar-refractivity contribution >= 4 is 171 Å². The topological polar surface area (TPSA) is 604 Å². The van der Waals surface area contributed by atoms with Gasteiger partial charge in [0, 0.05) is 170 Å². The van der Waals surface area contributed by atoms with Gasteiger partial charge in [-0.15, -0.1) is 6.42 Å². The van der Waals surface area contributed by atoms with Crippen LogP contribution in [-0.2, 0) is 105 Å². The van der Waals surface area contributed by atoms with Gasteiger partial charge < -0.3 is 91.4 Å². The highest BCUT2D eigenvalue weighted by molar-refractivity contribution is 8.77. The van der Waals surface area contributed by atoms with Gasteiger partial charge in [0.05, 0.1) is 98.5 Å². The highest BCUT2D eigenvalue weighted by atomic mass is 33.1. The molecule has 141 heavy (non-hydrogen) atoms. The number of hydrazine groups is 1. The monoisotopic (exact) mass is 2030 g/mol. The fourth-order valence-electron chi connectivity index (χ4n) is 20.3. The second-order valence-corrected chi connectivity index (χ2v) is 40.7. The smallest absolute Gasteiger partial charge is 0.426 e. The number of nitrogen functional groups attached to an aromatic ring is 1. The number of nitrogens with zero attached hydrogens (tertiary/aromatic N) is 5. The van der Waals surface area contributed by atoms with Crippen LogP contribution in [0.5, 0.6) is 5.75 Å². The molecule has 2 saturated heterocycles. The van der Waals surface area contributed by atoms with Crippen LogP contribution in [-0.4, -0.2) is 290 Å². The first-order chi connectivity index (χ1) is 67.4. The minimum absolute atomic E-state index is 0.00426. The van der Waals surface area contributed by atoms with Gasteiger partial charge >= 0.3 is 48.1 Å². The molecule has 14 atom stereocenters. The van der Waals surface area contributed by atoms with Gasteiger partial charge in [-0.1, -0.05) is 113 Å². The maximum atomic E-state index is 15.6. The van der Waals surface area contributed by atoms with Gasteiger partial charge in [-0.25, -0.2) is 15.2 Å². The molecule has 1 aliphatic carbocycles. The highest BCUT2D eigenvalue weighted by Crippen LogP contribution is 2.66. The number of nitrogens with two attached hydrogens (primary N) is 1. The quantitative estimate of drug-likeness (QED) is 0.00430. The number of terminal acetylenes is 1. The van der Waals surface area contributed by atoms with Gasteiger partial charge in [-0.2, -0.15) is 9.59 Å². The summed E-state index contributed by atoms with van der Waals surface area (Å²) in [5, 5.41) is 75.2. The Balaban J connectivity index is 0.00000401. The molecular formula is C96H120N14O27S4. The minimum atomic E-state index is -2.00. The van der Waals surface area contributed by atoms with Crippen molar-refractivity contribution in [2.75, 3.05) is 125 Å². The molecule has 41 nitrogen and oxygen atoms in total. The number of amides is 6. The number of hydrogen-bond donors (Lipinski definition) is 15. The van der Waals surface area contributed by atoms with Crippen molar-refractivity contribution in [3.05, 3.63) is 135 Å². The van der Waals surface area contributed by atoms with Crippen LogP contribution in [0.1, 0.15) is 149 Å². The molecule has 3 fully saturated rings. The van der Waals surface area contributed by atoms with E-state index in [1.165, 1.54) is 50.3 Å². The first-order valence-corrected chi connectivity index (χ1v) is 51.1. The van der Waals surface area contributed by atoms with E-state index in [-0.39, 0.29) is 117 Å². The summed E-state index contributed by atoms with van der Waals surface area (Å²) >= 11 is 0. The van der Waals surface area contributed by atoms with Crippen LogP contribution in [0.25, 0.3) is 21.8 Å². The van der Waals surface area contributed by atoms with Crippen LogP contribution in [0, 0.1) is 41.4 Å². The lowest BCUT2D eigenvalue weighted by molar-refractivity contribution is -0.192. The molecule has 3 unspecified atom stereocenters. The van der Waals surface area contributed by atoms with E-state index >= 15 is 9.59 Å². The fourth-order valence-corrected chi connectivity index (χ4v) is 23.9. The number of fused-ring (bicyclic) bond motifs is 7. The number of H-pyrrole nitrogens is 2. The molecule has 6 aliphatic rings.